The zero-order valence-corrected chi connectivity index (χ0v) is 13.7. The van der Waals surface area contributed by atoms with Crippen LogP contribution >= 0.6 is 0 Å². The SMILES string of the molecule is O=C([C@@H]1C[C@@H]1[N+](=O)[O-])N(Cc1ccccc1)[C@H]1CN2CCC1CC2. The van der Waals surface area contributed by atoms with Crippen LogP contribution in [0.5, 0.6) is 0 Å². The molecule has 1 aliphatic carbocycles. The van der Waals surface area contributed by atoms with Crippen LogP contribution in [0.25, 0.3) is 0 Å². The van der Waals surface area contributed by atoms with E-state index in [4.69, 9.17) is 0 Å². The molecular formula is C18H23N3O3. The lowest BCUT2D eigenvalue weighted by molar-refractivity contribution is -0.497. The van der Waals surface area contributed by atoms with Gasteiger partial charge in [0.15, 0.2) is 0 Å². The van der Waals surface area contributed by atoms with Gasteiger partial charge < -0.3 is 9.80 Å². The molecule has 24 heavy (non-hydrogen) atoms. The van der Waals surface area contributed by atoms with E-state index in [0.29, 0.717) is 18.9 Å². The normalized spacial score (nSPS) is 33.9. The van der Waals surface area contributed by atoms with Gasteiger partial charge in [0.05, 0.1) is 0 Å². The molecule has 6 nitrogen and oxygen atoms in total. The number of hydrogen-bond donors (Lipinski definition) is 0. The van der Waals surface area contributed by atoms with Crippen molar-refractivity contribution in [2.75, 3.05) is 19.6 Å². The van der Waals surface area contributed by atoms with E-state index in [9.17, 15) is 14.9 Å². The fourth-order valence-electron chi connectivity index (χ4n) is 4.32. The summed E-state index contributed by atoms with van der Waals surface area (Å²) in [5.41, 5.74) is 1.10. The van der Waals surface area contributed by atoms with Crippen molar-refractivity contribution in [1.82, 2.24) is 9.80 Å². The molecule has 0 radical (unpaired) electrons. The summed E-state index contributed by atoms with van der Waals surface area (Å²) < 4.78 is 0. The number of carbonyl (C=O) groups excluding carboxylic acids is 1. The molecule has 1 aromatic carbocycles. The lowest BCUT2D eigenvalue weighted by Crippen LogP contribution is -2.58. The topological polar surface area (TPSA) is 66.7 Å². The summed E-state index contributed by atoms with van der Waals surface area (Å²) in [6.07, 6.45) is 2.66. The maximum absolute atomic E-state index is 13.0. The molecule has 2 bridgehead atoms. The van der Waals surface area contributed by atoms with Gasteiger partial charge in [0.1, 0.15) is 5.92 Å². The number of amides is 1. The van der Waals surface area contributed by atoms with Gasteiger partial charge in [-0.15, -0.1) is 0 Å². The van der Waals surface area contributed by atoms with Crippen LogP contribution in [0.2, 0.25) is 0 Å². The monoisotopic (exact) mass is 329 g/mol. The van der Waals surface area contributed by atoms with Crippen molar-refractivity contribution in [2.24, 2.45) is 11.8 Å². The Hall–Kier alpha value is -1.95. The highest BCUT2D eigenvalue weighted by atomic mass is 16.6. The lowest BCUT2D eigenvalue weighted by Gasteiger charge is -2.49. The Morgan fingerprint density at radius 3 is 2.50 bits per heavy atom. The van der Waals surface area contributed by atoms with Gasteiger partial charge in [0.2, 0.25) is 11.9 Å². The number of nitro groups is 1. The molecule has 1 saturated carbocycles. The van der Waals surface area contributed by atoms with Crippen molar-refractivity contribution in [1.29, 1.82) is 0 Å². The van der Waals surface area contributed by atoms with Gasteiger partial charge in [-0.2, -0.15) is 0 Å². The minimum atomic E-state index is -0.670. The number of piperidine rings is 3. The first-order valence-electron chi connectivity index (χ1n) is 8.84. The molecule has 0 spiro atoms. The highest BCUT2D eigenvalue weighted by molar-refractivity contribution is 5.82. The fourth-order valence-corrected chi connectivity index (χ4v) is 4.32. The first kappa shape index (κ1) is 15.6. The third kappa shape index (κ3) is 2.90. The lowest BCUT2D eigenvalue weighted by atomic mass is 9.82. The number of fused-ring (bicyclic) bond motifs is 3. The van der Waals surface area contributed by atoms with Crippen LogP contribution in [0.15, 0.2) is 30.3 Å². The molecule has 0 unspecified atom stereocenters. The van der Waals surface area contributed by atoms with E-state index in [1.807, 2.05) is 35.2 Å². The summed E-state index contributed by atoms with van der Waals surface area (Å²) in [6, 6.07) is 9.51. The molecule has 3 saturated heterocycles. The number of rotatable bonds is 5. The highest BCUT2D eigenvalue weighted by Gasteiger charge is 2.56. The second-order valence-electron chi connectivity index (χ2n) is 7.35. The predicted molar refractivity (Wildman–Crippen MR) is 88.8 cm³/mol. The Balaban J connectivity index is 1.55. The molecule has 6 heteroatoms. The summed E-state index contributed by atoms with van der Waals surface area (Å²) in [5, 5.41) is 11.0. The van der Waals surface area contributed by atoms with E-state index in [-0.39, 0.29) is 16.9 Å². The largest absolute Gasteiger partial charge is 0.333 e. The third-order valence-corrected chi connectivity index (χ3v) is 5.85. The van der Waals surface area contributed by atoms with E-state index in [1.165, 1.54) is 0 Å². The van der Waals surface area contributed by atoms with Crippen LogP contribution in [-0.4, -0.2) is 52.3 Å². The van der Waals surface area contributed by atoms with Crippen LogP contribution in [0.1, 0.15) is 24.8 Å². The predicted octanol–water partition coefficient (Wildman–Crippen LogP) is 1.77. The van der Waals surface area contributed by atoms with Crippen LogP contribution in [0.4, 0.5) is 0 Å². The van der Waals surface area contributed by atoms with Crippen molar-refractivity contribution >= 4 is 5.91 Å². The molecule has 5 rings (SSSR count). The minimum absolute atomic E-state index is 0.0145. The number of nitrogens with zero attached hydrogens (tertiary/aromatic N) is 3. The van der Waals surface area contributed by atoms with Crippen molar-refractivity contribution in [2.45, 2.75) is 37.9 Å². The average molecular weight is 329 g/mol. The molecular weight excluding hydrogens is 306 g/mol. The maximum atomic E-state index is 13.0. The molecule has 3 aliphatic heterocycles. The smallest absolute Gasteiger partial charge is 0.233 e. The molecule has 128 valence electrons. The highest BCUT2D eigenvalue weighted by Crippen LogP contribution is 2.38. The third-order valence-electron chi connectivity index (χ3n) is 5.85. The quantitative estimate of drug-likeness (QED) is 0.610. The van der Waals surface area contributed by atoms with Crippen molar-refractivity contribution in [3.8, 4) is 0 Å². The van der Waals surface area contributed by atoms with Gasteiger partial charge in [-0.25, -0.2) is 0 Å². The minimum Gasteiger partial charge on any atom is -0.333 e. The molecule has 1 aromatic rings. The Labute approximate surface area is 141 Å². The van der Waals surface area contributed by atoms with Crippen molar-refractivity contribution < 1.29 is 9.72 Å². The molecule has 0 aromatic heterocycles. The van der Waals surface area contributed by atoms with Crippen LogP contribution < -0.4 is 0 Å². The van der Waals surface area contributed by atoms with E-state index in [1.54, 1.807) is 0 Å². The maximum Gasteiger partial charge on any atom is 0.233 e. The standard InChI is InChI=1S/C18H23N3O3/c22-18(15-10-16(15)21(23)24)20(11-13-4-2-1-3-5-13)17-12-19-8-6-14(17)7-9-19/h1-5,14-17H,6-12H2/t15-,16+,17+/m1/s1. The molecule has 0 N–H and O–H groups in total. The molecule has 3 atom stereocenters. The first-order chi connectivity index (χ1) is 11.6. The van der Waals surface area contributed by atoms with Crippen LogP contribution in [0, 0.1) is 22.0 Å². The van der Waals surface area contributed by atoms with E-state index >= 15 is 0 Å². The van der Waals surface area contributed by atoms with Gasteiger partial charge in [-0.1, -0.05) is 30.3 Å². The van der Waals surface area contributed by atoms with Crippen LogP contribution in [-0.2, 0) is 11.3 Å². The zero-order valence-electron chi connectivity index (χ0n) is 13.7. The summed E-state index contributed by atoms with van der Waals surface area (Å²) in [6.45, 7) is 3.72. The first-order valence-corrected chi connectivity index (χ1v) is 8.84. The second-order valence-corrected chi connectivity index (χ2v) is 7.35. The molecule has 3 heterocycles. The summed E-state index contributed by atoms with van der Waals surface area (Å²) in [4.78, 5) is 28.1. The average Bonchev–Trinajstić information content (AvgIpc) is 3.42. The zero-order chi connectivity index (χ0) is 16.7. The Bertz CT molecular complexity index is 628. The van der Waals surface area contributed by atoms with Gasteiger partial charge in [0, 0.05) is 30.5 Å². The number of hydrogen-bond acceptors (Lipinski definition) is 4. The summed E-state index contributed by atoms with van der Waals surface area (Å²) in [5.74, 6) is 0.105. The van der Waals surface area contributed by atoms with Gasteiger partial charge in [-0.3, -0.25) is 14.9 Å². The second kappa shape index (κ2) is 6.16. The Morgan fingerprint density at radius 1 is 1.25 bits per heavy atom. The van der Waals surface area contributed by atoms with Crippen molar-refractivity contribution in [3.63, 3.8) is 0 Å². The Kier molecular flexibility index (Phi) is 4.00. The molecule has 1 amide bonds. The van der Waals surface area contributed by atoms with Gasteiger partial charge in [0.25, 0.3) is 0 Å². The van der Waals surface area contributed by atoms with E-state index < -0.39 is 12.0 Å². The van der Waals surface area contributed by atoms with E-state index in [2.05, 4.69) is 4.90 Å². The van der Waals surface area contributed by atoms with Crippen molar-refractivity contribution in [3.05, 3.63) is 46.0 Å². The number of benzene rings is 1. The molecule has 4 fully saturated rings. The van der Waals surface area contributed by atoms with Crippen LogP contribution in [0.3, 0.4) is 0 Å². The molecule has 4 aliphatic rings. The summed E-state index contributed by atoms with van der Waals surface area (Å²) >= 11 is 0. The number of carbonyl (C=O) groups is 1. The summed E-state index contributed by atoms with van der Waals surface area (Å²) in [7, 11) is 0. The Morgan fingerprint density at radius 2 is 1.96 bits per heavy atom. The van der Waals surface area contributed by atoms with Gasteiger partial charge >= 0.3 is 0 Å². The fraction of sp³-hybridized carbons (Fsp3) is 0.611. The van der Waals surface area contributed by atoms with Gasteiger partial charge in [-0.05, 0) is 37.4 Å². The van der Waals surface area contributed by atoms with E-state index in [0.717, 1.165) is 38.0 Å².